The van der Waals surface area contributed by atoms with Crippen LogP contribution in [0.15, 0.2) is 12.7 Å². The van der Waals surface area contributed by atoms with Gasteiger partial charge in [-0.3, -0.25) is 0 Å². The molecule has 2 atom stereocenters. The number of ether oxygens (including phenoxy) is 1. The zero-order chi connectivity index (χ0) is 6.69. The molecule has 0 aliphatic carbocycles. The van der Waals surface area contributed by atoms with E-state index in [1.54, 1.807) is 0 Å². The molecule has 1 fully saturated rings. The van der Waals surface area contributed by atoms with Gasteiger partial charge in [-0.25, -0.2) is 0 Å². The monoisotopic (exact) mass is 126 g/mol. The lowest BCUT2D eigenvalue weighted by Gasteiger charge is -2.24. The number of hydrogen-bond acceptors (Lipinski definition) is 1. The van der Waals surface area contributed by atoms with E-state index in [0.717, 1.165) is 6.61 Å². The maximum Gasteiger partial charge on any atom is 0.0547 e. The molecule has 1 heterocycles. The van der Waals surface area contributed by atoms with Gasteiger partial charge in [0.2, 0.25) is 0 Å². The molecule has 0 bridgehead atoms. The van der Waals surface area contributed by atoms with Crippen molar-refractivity contribution in [3.8, 4) is 0 Å². The summed E-state index contributed by atoms with van der Waals surface area (Å²) in [6, 6.07) is 0. The van der Waals surface area contributed by atoms with E-state index >= 15 is 0 Å². The van der Waals surface area contributed by atoms with Gasteiger partial charge < -0.3 is 4.74 Å². The molecule has 52 valence electrons. The lowest BCUT2D eigenvalue weighted by Crippen LogP contribution is -2.21. The van der Waals surface area contributed by atoms with Crippen LogP contribution in [-0.4, -0.2) is 12.7 Å². The maximum atomic E-state index is 5.41. The second-order valence-electron chi connectivity index (χ2n) is 2.72. The van der Waals surface area contributed by atoms with Crippen LogP contribution < -0.4 is 0 Å². The summed E-state index contributed by atoms with van der Waals surface area (Å²) in [6.45, 7) is 6.73. The lowest BCUT2D eigenvalue weighted by molar-refractivity contribution is 0.00775. The summed E-state index contributed by atoms with van der Waals surface area (Å²) < 4.78 is 5.41. The molecule has 0 aromatic rings. The van der Waals surface area contributed by atoms with E-state index in [-0.39, 0.29) is 0 Å². The minimum absolute atomic E-state index is 0.473. The Labute approximate surface area is 56.7 Å². The molecule has 1 heteroatoms. The first-order valence-corrected chi connectivity index (χ1v) is 3.57. The van der Waals surface area contributed by atoms with Crippen molar-refractivity contribution < 1.29 is 4.74 Å². The Bertz CT molecular complexity index is 90.7. The normalized spacial score (nSPS) is 36.1. The van der Waals surface area contributed by atoms with E-state index < -0.39 is 0 Å². The van der Waals surface area contributed by atoms with E-state index in [1.807, 2.05) is 6.08 Å². The Morgan fingerprint density at radius 1 is 1.56 bits per heavy atom. The highest BCUT2D eigenvalue weighted by atomic mass is 16.5. The molecule has 1 nitrogen and oxygen atoms in total. The van der Waals surface area contributed by atoms with E-state index in [2.05, 4.69) is 13.5 Å². The second kappa shape index (κ2) is 3.02. The molecule has 1 rings (SSSR count). The van der Waals surface area contributed by atoms with Gasteiger partial charge in [0.15, 0.2) is 0 Å². The van der Waals surface area contributed by atoms with Crippen LogP contribution in [0, 0.1) is 5.92 Å². The zero-order valence-corrected chi connectivity index (χ0v) is 5.97. The average Bonchev–Trinajstić information content (AvgIpc) is 1.90. The highest BCUT2D eigenvalue weighted by molar-refractivity contribution is 4.81. The summed E-state index contributed by atoms with van der Waals surface area (Å²) >= 11 is 0. The van der Waals surface area contributed by atoms with Gasteiger partial charge >= 0.3 is 0 Å². The fourth-order valence-corrected chi connectivity index (χ4v) is 1.09. The van der Waals surface area contributed by atoms with Crippen LogP contribution in [0.3, 0.4) is 0 Å². The fraction of sp³-hybridized carbons (Fsp3) is 0.750. The Morgan fingerprint density at radius 3 is 2.78 bits per heavy atom. The first kappa shape index (κ1) is 6.81. The van der Waals surface area contributed by atoms with Crippen molar-refractivity contribution in [1.82, 2.24) is 0 Å². The van der Waals surface area contributed by atoms with Gasteiger partial charge in [0, 0.05) is 5.92 Å². The van der Waals surface area contributed by atoms with Crippen molar-refractivity contribution in [2.45, 2.75) is 25.9 Å². The first-order chi connectivity index (χ1) is 4.33. The van der Waals surface area contributed by atoms with Gasteiger partial charge in [0.05, 0.1) is 12.7 Å². The summed E-state index contributed by atoms with van der Waals surface area (Å²) in [5.74, 6) is 0.612. The van der Waals surface area contributed by atoms with Gasteiger partial charge in [0.25, 0.3) is 0 Å². The summed E-state index contributed by atoms with van der Waals surface area (Å²) in [5, 5.41) is 0. The molecular weight excluding hydrogens is 112 g/mol. The van der Waals surface area contributed by atoms with Gasteiger partial charge in [-0.15, -0.1) is 6.58 Å². The second-order valence-corrected chi connectivity index (χ2v) is 2.72. The van der Waals surface area contributed by atoms with E-state index in [1.165, 1.54) is 12.8 Å². The van der Waals surface area contributed by atoms with Gasteiger partial charge in [-0.1, -0.05) is 6.08 Å². The Morgan fingerprint density at radius 2 is 2.33 bits per heavy atom. The van der Waals surface area contributed by atoms with Crippen molar-refractivity contribution in [3.05, 3.63) is 12.7 Å². The van der Waals surface area contributed by atoms with Gasteiger partial charge in [-0.2, -0.15) is 0 Å². The topological polar surface area (TPSA) is 9.23 Å². The summed E-state index contributed by atoms with van der Waals surface area (Å²) in [7, 11) is 0. The highest BCUT2D eigenvalue weighted by Crippen LogP contribution is 2.18. The molecule has 1 aliphatic rings. The molecule has 0 amide bonds. The molecule has 0 aromatic heterocycles. The molecule has 0 radical (unpaired) electrons. The minimum atomic E-state index is 0.473. The van der Waals surface area contributed by atoms with Crippen molar-refractivity contribution in [2.75, 3.05) is 6.61 Å². The molecular formula is C8H14O. The first-order valence-electron chi connectivity index (χ1n) is 3.57. The highest BCUT2D eigenvalue weighted by Gasteiger charge is 2.14. The van der Waals surface area contributed by atoms with E-state index in [9.17, 15) is 0 Å². The van der Waals surface area contributed by atoms with Crippen LogP contribution in [-0.2, 0) is 4.74 Å². The van der Waals surface area contributed by atoms with Crippen LogP contribution in [0.25, 0.3) is 0 Å². The molecule has 2 unspecified atom stereocenters. The summed E-state index contributed by atoms with van der Waals surface area (Å²) in [5.41, 5.74) is 0. The predicted molar refractivity (Wildman–Crippen MR) is 38.3 cm³/mol. The molecule has 1 aliphatic heterocycles. The molecule has 1 saturated heterocycles. The Kier molecular flexibility index (Phi) is 2.29. The predicted octanol–water partition coefficient (Wildman–Crippen LogP) is 1.99. The largest absolute Gasteiger partial charge is 0.378 e. The Hall–Kier alpha value is -0.300. The third kappa shape index (κ3) is 1.83. The Balaban J connectivity index is 2.26. The number of rotatable bonds is 1. The summed E-state index contributed by atoms with van der Waals surface area (Å²) in [6.07, 6.45) is 4.91. The van der Waals surface area contributed by atoms with Crippen LogP contribution in [0.2, 0.25) is 0 Å². The molecule has 0 saturated carbocycles. The third-order valence-electron chi connectivity index (χ3n) is 1.87. The van der Waals surface area contributed by atoms with Crippen LogP contribution >= 0.6 is 0 Å². The fourth-order valence-electron chi connectivity index (χ4n) is 1.09. The molecule has 0 N–H and O–H groups in total. The molecule has 0 spiro atoms. The SMILES string of the molecule is C=CC1CCC(C)OC1. The van der Waals surface area contributed by atoms with Crippen LogP contribution in [0.4, 0.5) is 0 Å². The lowest BCUT2D eigenvalue weighted by atomic mass is 10.00. The zero-order valence-electron chi connectivity index (χ0n) is 5.97. The average molecular weight is 126 g/mol. The van der Waals surface area contributed by atoms with Crippen LogP contribution in [0.5, 0.6) is 0 Å². The smallest absolute Gasteiger partial charge is 0.0547 e. The third-order valence-corrected chi connectivity index (χ3v) is 1.87. The van der Waals surface area contributed by atoms with Crippen molar-refractivity contribution in [2.24, 2.45) is 5.92 Å². The van der Waals surface area contributed by atoms with Crippen molar-refractivity contribution in [3.63, 3.8) is 0 Å². The quantitative estimate of drug-likeness (QED) is 0.488. The van der Waals surface area contributed by atoms with Crippen molar-refractivity contribution >= 4 is 0 Å². The van der Waals surface area contributed by atoms with Gasteiger partial charge in [-0.05, 0) is 19.8 Å². The minimum Gasteiger partial charge on any atom is -0.378 e. The standard InChI is InChI=1S/C8H14O/c1-3-8-5-4-7(2)9-6-8/h3,7-8H,1,4-6H2,2H3. The molecule has 0 aromatic carbocycles. The maximum absolute atomic E-state index is 5.41. The molecule has 9 heavy (non-hydrogen) atoms. The van der Waals surface area contributed by atoms with Gasteiger partial charge in [0.1, 0.15) is 0 Å². The van der Waals surface area contributed by atoms with E-state index in [4.69, 9.17) is 4.74 Å². The van der Waals surface area contributed by atoms with Crippen molar-refractivity contribution in [1.29, 1.82) is 0 Å². The van der Waals surface area contributed by atoms with E-state index in [0.29, 0.717) is 12.0 Å². The van der Waals surface area contributed by atoms with Crippen LogP contribution in [0.1, 0.15) is 19.8 Å². The summed E-state index contributed by atoms with van der Waals surface area (Å²) in [4.78, 5) is 0. The number of hydrogen-bond donors (Lipinski definition) is 0.